The zero-order valence-corrected chi connectivity index (χ0v) is 21.3. The van der Waals surface area contributed by atoms with E-state index in [0.29, 0.717) is 5.56 Å². The summed E-state index contributed by atoms with van der Waals surface area (Å²) in [6, 6.07) is 11.1. The second-order valence-electron chi connectivity index (χ2n) is 10.9. The maximum absolute atomic E-state index is 13.7. The first kappa shape index (κ1) is 27.0. The van der Waals surface area contributed by atoms with Crippen molar-refractivity contribution in [3.63, 3.8) is 0 Å². The van der Waals surface area contributed by atoms with Crippen LogP contribution >= 0.6 is 0 Å². The molecule has 1 unspecified atom stereocenters. The van der Waals surface area contributed by atoms with E-state index < -0.39 is 23.8 Å². The van der Waals surface area contributed by atoms with Crippen molar-refractivity contribution in [1.82, 2.24) is 10.6 Å². The van der Waals surface area contributed by atoms with Crippen molar-refractivity contribution in [2.45, 2.75) is 82.9 Å². The van der Waals surface area contributed by atoms with Crippen molar-refractivity contribution in [2.24, 2.45) is 0 Å². The highest BCUT2D eigenvalue weighted by molar-refractivity contribution is 5.73. The molecule has 1 fully saturated rings. The summed E-state index contributed by atoms with van der Waals surface area (Å²) in [5.74, 6) is -1.69. The molecule has 2 aromatic rings. The molecule has 0 spiro atoms. The standard InChI is InChI=1S/C29H38F2N2O2/c1-19-8-7-11-29(17-19,23-10-6-9-22(15-23)28(3,4)5)32-18-27(35)26(33-20(2)34)14-21-12-24(30)16-25(31)13-21/h6,9-10,12-13,15-16,26-27,32,35H,1,7-8,11,14,17-18H2,2-5H3,(H,33,34)/t26-,27+,29?/m0/s1. The van der Waals surface area contributed by atoms with Crippen LogP contribution in [0.2, 0.25) is 0 Å². The first-order valence-electron chi connectivity index (χ1n) is 12.3. The Labute approximate surface area is 207 Å². The van der Waals surface area contributed by atoms with Crippen molar-refractivity contribution in [1.29, 1.82) is 0 Å². The largest absolute Gasteiger partial charge is 0.390 e. The van der Waals surface area contributed by atoms with E-state index in [1.165, 1.54) is 24.6 Å². The van der Waals surface area contributed by atoms with Gasteiger partial charge >= 0.3 is 0 Å². The number of halogens is 2. The molecule has 4 nitrogen and oxygen atoms in total. The van der Waals surface area contributed by atoms with Gasteiger partial charge in [-0.3, -0.25) is 4.79 Å². The third-order valence-electron chi connectivity index (χ3n) is 6.85. The van der Waals surface area contributed by atoms with Crippen LogP contribution in [0.4, 0.5) is 8.78 Å². The molecule has 0 aliphatic heterocycles. The lowest BCUT2D eigenvalue weighted by atomic mass is 9.73. The lowest BCUT2D eigenvalue weighted by Gasteiger charge is -2.41. The SMILES string of the molecule is C=C1CCCC(NC[C@@H](O)[C@H](Cc2cc(F)cc(F)c2)NC(C)=O)(c2cccc(C(C)(C)C)c2)C1. The Hall–Kier alpha value is -2.57. The van der Waals surface area contributed by atoms with Gasteiger partial charge in [-0.25, -0.2) is 8.78 Å². The van der Waals surface area contributed by atoms with Crippen LogP contribution in [0.15, 0.2) is 54.6 Å². The Morgan fingerprint density at radius 1 is 1.17 bits per heavy atom. The molecule has 1 amide bonds. The summed E-state index contributed by atoms with van der Waals surface area (Å²) in [6.07, 6.45) is 2.75. The Morgan fingerprint density at radius 3 is 2.46 bits per heavy atom. The molecule has 3 atom stereocenters. The molecular weight excluding hydrogens is 446 g/mol. The van der Waals surface area contributed by atoms with Crippen LogP contribution in [-0.2, 0) is 22.2 Å². The van der Waals surface area contributed by atoms with Gasteiger partial charge < -0.3 is 15.7 Å². The fourth-order valence-corrected chi connectivity index (χ4v) is 5.00. The summed E-state index contributed by atoms with van der Waals surface area (Å²) >= 11 is 0. The number of hydrogen-bond donors (Lipinski definition) is 3. The van der Waals surface area contributed by atoms with Crippen LogP contribution in [0, 0.1) is 11.6 Å². The number of nitrogens with one attached hydrogen (secondary N) is 2. The van der Waals surface area contributed by atoms with E-state index in [9.17, 15) is 18.7 Å². The Balaban J connectivity index is 1.84. The highest BCUT2D eigenvalue weighted by atomic mass is 19.1. The maximum Gasteiger partial charge on any atom is 0.217 e. The van der Waals surface area contributed by atoms with Gasteiger partial charge in [0, 0.05) is 25.1 Å². The van der Waals surface area contributed by atoms with E-state index in [0.717, 1.165) is 42.9 Å². The molecule has 2 aromatic carbocycles. The van der Waals surface area contributed by atoms with Crippen molar-refractivity contribution in [3.8, 4) is 0 Å². The van der Waals surface area contributed by atoms with E-state index >= 15 is 0 Å². The number of aliphatic hydroxyl groups excluding tert-OH is 1. The minimum Gasteiger partial charge on any atom is -0.390 e. The van der Waals surface area contributed by atoms with Gasteiger partial charge in [-0.05, 0) is 66.3 Å². The summed E-state index contributed by atoms with van der Waals surface area (Å²) in [7, 11) is 0. The topological polar surface area (TPSA) is 61.4 Å². The fraction of sp³-hybridized carbons (Fsp3) is 0.483. The van der Waals surface area contributed by atoms with Crippen LogP contribution in [0.3, 0.4) is 0 Å². The molecule has 0 radical (unpaired) electrons. The average molecular weight is 485 g/mol. The molecule has 3 N–H and O–H groups in total. The monoisotopic (exact) mass is 484 g/mol. The van der Waals surface area contributed by atoms with Crippen LogP contribution in [0.5, 0.6) is 0 Å². The number of amides is 1. The van der Waals surface area contributed by atoms with Crippen molar-refractivity contribution >= 4 is 5.91 Å². The van der Waals surface area contributed by atoms with E-state index in [1.807, 2.05) is 0 Å². The molecule has 0 heterocycles. The zero-order valence-electron chi connectivity index (χ0n) is 21.3. The molecule has 6 heteroatoms. The van der Waals surface area contributed by atoms with E-state index in [-0.39, 0.29) is 29.8 Å². The minimum atomic E-state index is -0.969. The smallest absolute Gasteiger partial charge is 0.217 e. The van der Waals surface area contributed by atoms with Gasteiger partial charge in [-0.2, -0.15) is 0 Å². The number of rotatable bonds is 8. The van der Waals surface area contributed by atoms with Gasteiger partial charge in [0.15, 0.2) is 0 Å². The number of benzene rings is 2. The Morgan fingerprint density at radius 2 is 1.86 bits per heavy atom. The van der Waals surface area contributed by atoms with E-state index in [4.69, 9.17) is 0 Å². The molecule has 1 aliphatic carbocycles. The van der Waals surface area contributed by atoms with Crippen LogP contribution < -0.4 is 10.6 Å². The molecule has 1 aliphatic rings. The fourth-order valence-electron chi connectivity index (χ4n) is 5.00. The minimum absolute atomic E-state index is 0.000869. The predicted molar refractivity (Wildman–Crippen MR) is 136 cm³/mol. The molecule has 0 saturated heterocycles. The molecule has 0 aromatic heterocycles. The van der Waals surface area contributed by atoms with Gasteiger partial charge in [-0.1, -0.05) is 57.2 Å². The summed E-state index contributed by atoms with van der Waals surface area (Å²) in [5.41, 5.74) is 3.54. The van der Waals surface area contributed by atoms with Gasteiger partial charge in [0.2, 0.25) is 5.91 Å². The zero-order chi connectivity index (χ0) is 25.8. The van der Waals surface area contributed by atoms with E-state index in [2.05, 4.69) is 62.2 Å². The molecule has 35 heavy (non-hydrogen) atoms. The first-order chi connectivity index (χ1) is 16.4. The van der Waals surface area contributed by atoms with Gasteiger partial charge in [0.25, 0.3) is 0 Å². The quantitative estimate of drug-likeness (QED) is 0.447. The Kier molecular flexibility index (Phi) is 8.50. The second-order valence-corrected chi connectivity index (χ2v) is 10.9. The average Bonchev–Trinajstić information content (AvgIpc) is 2.75. The lowest BCUT2D eigenvalue weighted by Crippen LogP contribution is -2.53. The number of carbonyl (C=O) groups is 1. The molecule has 1 saturated carbocycles. The van der Waals surface area contributed by atoms with Crippen molar-refractivity contribution in [3.05, 3.63) is 82.9 Å². The third-order valence-corrected chi connectivity index (χ3v) is 6.85. The highest BCUT2D eigenvalue weighted by Crippen LogP contribution is 2.40. The number of aliphatic hydroxyl groups is 1. The summed E-state index contributed by atoms with van der Waals surface area (Å²) in [4.78, 5) is 11.8. The van der Waals surface area contributed by atoms with Gasteiger partial charge in [0.05, 0.1) is 12.1 Å². The van der Waals surface area contributed by atoms with E-state index in [1.54, 1.807) is 0 Å². The molecule has 0 bridgehead atoms. The normalized spacial score (nSPS) is 20.4. The van der Waals surface area contributed by atoms with Crippen LogP contribution in [0.1, 0.15) is 70.1 Å². The predicted octanol–water partition coefficient (Wildman–Crippen LogP) is 5.29. The molecule has 3 rings (SSSR count). The highest BCUT2D eigenvalue weighted by Gasteiger charge is 2.36. The van der Waals surface area contributed by atoms with Crippen LogP contribution in [-0.4, -0.2) is 29.7 Å². The van der Waals surface area contributed by atoms with Gasteiger partial charge in [-0.15, -0.1) is 0 Å². The summed E-state index contributed by atoms with van der Waals surface area (Å²) in [5, 5.41) is 17.5. The van der Waals surface area contributed by atoms with Gasteiger partial charge in [0.1, 0.15) is 11.6 Å². The van der Waals surface area contributed by atoms with Crippen molar-refractivity contribution < 1.29 is 18.7 Å². The lowest BCUT2D eigenvalue weighted by molar-refractivity contribution is -0.120. The summed E-state index contributed by atoms with van der Waals surface area (Å²) in [6.45, 7) is 12.4. The first-order valence-corrected chi connectivity index (χ1v) is 12.3. The van der Waals surface area contributed by atoms with Crippen LogP contribution in [0.25, 0.3) is 0 Å². The molecule has 190 valence electrons. The number of carbonyl (C=O) groups excluding carboxylic acids is 1. The number of hydrogen-bond acceptors (Lipinski definition) is 3. The molecular formula is C29H38F2N2O2. The van der Waals surface area contributed by atoms with Crippen molar-refractivity contribution in [2.75, 3.05) is 6.54 Å². The Bertz CT molecular complexity index is 1040. The third kappa shape index (κ3) is 7.21. The second kappa shape index (κ2) is 11.0. The maximum atomic E-state index is 13.7. The summed E-state index contributed by atoms with van der Waals surface area (Å²) < 4.78 is 27.4.